The Morgan fingerprint density at radius 1 is 1.48 bits per heavy atom. The molecule has 1 aromatic rings. The fraction of sp³-hybridized carbons (Fsp3) is 0.471. The fourth-order valence-corrected chi connectivity index (χ4v) is 3.30. The third-order valence-electron chi connectivity index (χ3n) is 4.30. The lowest BCUT2D eigenvalue weighted by Crippen LogP contribution is -3.05. The maximum absolute atomic E-state index is 5.40. The molecular weight excluding hydrogens is 282 g/mol. The third kappa shape index (κ3) is 3.37. The molecule has 0 radical (unpaired) electrons. The molecule has 21 heavy (non-hydrogen) atoms. The van der Waals surface area contributed by atoms with E-state index in [-0.39, 0.29) is 0 Å². The van der Waals surface area contributed by atoms with Gasteiger partial charge in [-0.25, -0.2) is 0 Å². The molecule has 3 nitrogen and oxygen atoms in total. The first-order valence-corrected chi connectivity index (χ1v) is 8.17. The maximum atomic E-state index is 5.40. The highest BCUT2D eigenvalue weighted by Gasteiger charge is 2.25. The summed E-state index contributed by atoms with van der Waals surface area (Å²) in [7, 11) is 0. The first-order chi connectivity index (χ1) is 10.1. The molecule has 0 spiro atoms. The number of aryl methyl sites for hydroxylation is 1. The second kappa shape index (κ2) is 6.30. The lowest BCUT2D eigenvalue weighted by Gasteiger charge is -2.21. The minimum Gasteiger partial charge on any atom is -0.311 e. The summed E-state index contributed by atoms with van der Waals surface area (Å²) in [6, 6.07) is 4.75. The molecule has 2 N–H and O–H groups in total. The van der Waals surface area contributed by atoms with Crippen LogP contribution in [-0.2, 0) is 0 Å². The highest BCUT2D eigenvalue weighted by molar-refractivity contribution is 5.73. The number of benzene rings is 1. The van der Waals surface area contributed by atoms with Crippen molar-refractivity contribution in [3.05, 3.63) is 34.4 Å². The molecule has 2 aliphatic heterocycles. The lowest BCUT2D eigenvalue weighted by molar-refractivity contribution is -0.713. The summed E-state index contributed by atoms with van der Waals surface area (Å²) >= 11 is 5.40. The van der Waals surface area contributed by atoms with Crippen molar-refractivity contribution in [3.63, 3.8) is 0 Å². The minimum absolute atomic E-state index is 0.546. The predicted molar refractivity (Wildman–Crippen MR) is 84.8 cm³/mol. The van der Waals surface area contributed by atoms with E-state index in [1.165, 1.54) is 35.4 Å². The quantitative estimate of drug-likeness (QED) is 0.821. The molecule has 4 heteroatoms. The van der Waals surface area contributed by atoms with E-state index >= 15 is 0 Å². The van der Waals surface area contributed by atoms with Crippen LogP contribution in [0.5, 0.6) is 0 Å². The lowest BCUT2D eigenvalue weighted by atomic mass is 10.0. The first-order valence-electron chi connectivity index (χ1n) is 7.76. The molecule has 3 rings (SSSR count). The summed E-state index contributed by atoms with van der Waals surface area (Å²) in [5, 5.41) is 4.51. The SMILES string of the molecule is CC(=CC1CCCCN1)C[NH+]1C=Nc2cc(C)c([ClH+])cc21. The molecule has 1 saturated heterocycles. The molecule has 112 valence electrons. The van der Waals surface area contributed by atoms with Crippen LogP contribution in [-0.4, -0.2) is 25.5 Å². The summed E-state index contributed by atoms with van der Waals surface area (Å²) in [6.07, 6.45) is 8.29. The summed E-state index contributed by atoms with van der Waals surface area (Å²) in [5.41, 5.74) is 4.84. The van der Waals surface area contributed by atoms with Crippen molar-refractivity contribution in [1.82, 2.24) is 5.32 Å². The van der Waals surface area contributed by atoms with E-state index in [2.05, 4.69) is 42.4 Å². The van der Waals surface area contributed by atoms with Gasteiger partial charge in [-0.2, -0.15) is 4.99 Å². The molecule has 2 aliphatic rings. The number of piperidine rings is 1. The van der Waals surface area contributed by atoms with E-state index < -0.39 is 0 Å². The van der Waals surface area contributed by atoms with Crippen LogP contribution >= 0.6 is 0 Å². The number of hydrogen-bond donors (Lipinski definition) is 2. The second-order valence-corrected chi connectivity index (χ2v) is 6.60. The predicted octanol–water partition coefficient (Wildman–Crippen LogP) is 1.97. The van der Waals surface area contributed by atoms with Crippen molar-refractivity contribution in [1.29, 1.82) is 0 Å². The van der Waals surface area contributed by atoms with Gasteiger partial charge in [-0.05, 0) is 44.9 Å². The van der Waals surface area contributed by atoms with E-state index in [0.29, 0.717) is 6.04 Å². The zero-order chi connectivity index (χ0) is 14.8. The van der Waals surface area contributed by atoms with Gasteiger partial charge in [-0.1, -0.05) is 12.5 Å². The Morgan fingerprint density at radius 2 is 2.33 bits per heavy atom. The Kier molecular flexibility index (Phi) is 4.43. The van der Waals surface area contributed by atoms with Crippen LogP contribution in [0.2, 0.25) is 5.02 Å². The van der Waals surface area contributed by atoms with Crippen molar-refractivity contribution < 1.29 is 16.5 Å². The van der Waals surface area contributed by atoms with Crippen LogP contribution in [0.4, 0.5) is 11.4 Å². The number of nitrogens with one attached hydrogen (secondary N) is 2. The van der Waals surface area contributed by atoms with Crippen molar-refractivity contribution in [2.24, 2.45) is 4.99 Å². The van der Waals surface area contributed by atoms with E-state index in [1.807, 2.05) is 6.34 Å². The van der Waals surface area contributed by atoms with Crippen LogP contribution in [0.15, 0.2) is 28.8 Å². The molecule has 2 unspecified atom stereocenters. The second-order valence-electron chi connectivity index (χ2n) is 6.16. The van der Waals surface area contributed by atoms with Crippen LogP contribution in [0, 0.1) is 18.5 Å². The molecule has 2 heterocycles. The maximum Gasteiger partial charge on any atom is 0.234 e. The number of halogens is 1. The molecule has 1 fully saturated rings. The molecule has 0 aromatic heterocycles. The van der Waals surface area contributed by atoms with Crippen LogP contribution < -0.4 is 10.2 Å². The van der Waals surface area contributed by atoms with E-state index in [9.17, 15) is 0 Å². The van der Waals surface area contributed by atoms with Gasteiger partial charge in [0.05, 0.1) is 6.07 Å². The molecule has 0 amide bonds. The highest BCUT2D eigenvalue weighted by Crippen LogP contribution is 2.28. The Morgan fingerprint density at radius 3 is 3.10 bits per heavy atom. The summed E-state index contributed by atoms with van der Waals surface area (Å²) in [5.74, 6) is 0. The normalized spacial score (nSPS) is 25.2. The van der Waals surface area contributed by atoms with Gasteiger partial charge < -0.3 is 5.32 Å². The number of rotatable bonds is 3. The van der Waals surface area contributed by atoms with Crippen molar-refractivity contribution in [2.45, 2.75) is 39.2 Å². The van der Waals surface area contributed by atoms with Gasteiger partial charge >= 0.3 is 0 Å². The average molecular weight is 306 g/mol. The van der Waals surface area contributed by atoms with Crippen LogP contribution in [0.1, 0.15) is 31.7 Å². The zero-order valence-corrected chi connectivity index (χ0v) is 13.6. The Balaban J connectivity index is 1.71. The first kappa shape index (κ1) is 14.8. The highest BCUT2D eigenvalue weighted by atomic mass is 35.5. The Bertz CT molecular complexity index is 586. The third-order valence-corrected chi connectivity index (χ3v) is 4.74. The number of fused-ring (bicyclic) bond motifs is 1. The number of aliphatic imine (C=N–C) groups is 1. The molecule has 0 bridgehead atoms. The smallest absolute Gasteiger partial charge is 0.234 e. The molecule has 1 aromatic carbocycles. The largest absolute Gasteiger partial charge is 0.311 e. The topological polar surface area (TPSA) is 28.8 Å². The van der Waals surface area contributed by atoms with E-state index in [4.69, 9.17) is 11.6 Å². The molecular formula is C17H24ClN3+2. The van der Waals surface area contributed by atoms with Gasteiger partial charge in [0, 0.05) is 11.6 Å². The fourth-order valence-electron chi connectivity index (χ4n) is 3.12. The number of quaternary nitrogens is 1. The number of hydrogen-bond acceptors (Lipinski definition) is 2. The standard InChI is InChI=1S/C17H23ClN3/c1-12(7-14-5-3-4-6-19-14)10-21-11-20-16-8-13(2)15(18)9-17(16)21/h7-9,11,14,18-19H,3-6,10H2,1-2H3/q+1/p+1. The van der Waals surface area contributed by atoms with Gasteiger partial charge in [-0.15, -0.1) is 0 Å². The van der Waals surface area contributed by atoms with E-state index in [0.717, 1.165) is 29.4 Å². The van der Waals surface area contributed by atoms with Crippen molar-refractivity contribution >= 4 is 17.7 Å². The summed E-state index contributed by atoms with van der Waals surface area (Å²) in [4.78, 5) is 5.82. The van der Waals surface area contributed by atoms with Gasteiger partial charge in [-0.3, -0.25) is 4.90 Å². The zero-order valence-electron chi connectivity index (χ0n) is 12.8. The summed E-state index contributed by atoms with van der Waals surface area (Å²) in [6.45, 7) is 6.38. The van der Waals surface area contributed by atoms with Gasteiger partial charge in [0.2, 0.25) is 5.02 Å². The van der Waals surface area contributed by atoms with Crippen LogP contribution in [0.3, 0.4) is 0 Å². The van der Waals surface area contributed by atoms with Gasteiger partial charge in [0.1, 0.15) is 12.2 Å². The molecule has 0 saturated carbocycles. The molecule has 2 atom stereocenters. The van der Waals surface area contributed by atoms with Gasteiger partial charge in [0.15, 0.2) is 23.6 Å². The summed E-state index contributed by atoms with van der Waals surface area (Å²) < 4.78 is 0. The monoisotopic (exact) mass is 305 g/mol. The Labute approximate surface area is 131 Å². The molecule has 0 aliphatic carbocycles. The van der Waals surface area contributed by atoms with Crippen LogP contribution in [0.25, 0.3) is 0 Å². The van der Waals surface area contributed by atoms with Gasteiger partial charge in [0.25, 0.3) is 0 Å². The Hall–Kier alpha value is -1.16. The minimum atomic E-state index is 0.546. The average Bonchev–Trinajstić information content (AvgIpc) is 2.83. The number of nitrogens with zero attached hydrogens (tertiary/aromatic N) is 1. The van der Waals surface area contributed by atoms with Crippen molar-refractivity contribution in [2.75, 3.05) is 13.1 Å². The van der Waals surface area contributed by atoms with Crippen molar-refractivity contribution in [3.8, 4) is 0 Å². The van der Waals surface area contributed by atoms with E-state index in [1.54, 1.807) is 0 Å².